The summed E-state index contributed by atoms with van der Waals surface area (Å²) in [6.45, 7) is 3.94. The third-order valence-electron chi connectivity index (χ3n) is 3.14. The Labute approximate surface area is 120 Å². The van der Waals surface area contributed by atoms with E-state index < -0.39 is 5.97 Å². The van der Waals surface area contributed by atoms with Crippen LogP contribution in [0.15, 0.2) is 40.8 Å². The van der Waals surface area contributed by atoms with E-state index in [2.05, 4.69) is 4.98 Å². The summed E-state index contributed by atoms with van der Waals surface area (Å²) in [4.78, 5) is 15.1. The molecule has 0 aliphatic rings. The van der Waals surface area contributed by atoms with Crippen LogP contribution < -0.4 is 4.74 Å². The lowest BCUT2D eigenvalue weighted by Crippen LogP contribution is -1.94. The molecule has 0 saturated carbocycles. The number of carbonyl (C=O) groups is 1. The third-order valence-corrected chi connectivity index (χ3v) is 3.14. The number of benzene rings is 2. The molecule has 0 atom stereocenters. The average molecular weight is 283 g/mol. The van der Waals surface area contributed by atoms with Crippen molar-refractivity contribution in [1.29, 1.82) is 0 Å². The van der Waals surface area contributed by atoms with E-state index in [0.29, 0.717) is 16.8 Å². The standard InChI is InChI=1S/C16H13NO4/c1-9-3-6-13(10(2)7-9)20-16-17-12-5-4-11(15(18)19)8-14(12)21-16/h3-8H,1-2H3,(H,18,19). The summed E-state index contributed by atoms with van der Waals surface area (Å²) in [5.41, 5.74) is 3.21. The highest BCUT2D eigenvalue weighted by Gasteiger charge is 2.12. The molecular weight excluding hydrogens is 270 g/mol. The van der Waals surface area contributed by atoms with Gasteiger partial charge in [-0.3, -0.25) is 0 Å². The van der Waals surface area contributed by atoms with Crippen LogP contribution in [0.2, 0.25) is 0 Å². The second-order valence-electron chi connectivity index (χ2n) is 4.84. The molecule has 0 saturated heterocycles. The molecule has 2 aromatic carbocycles. The fourth-order valence-electron chi connectivity index (χ4n) is 2.09. The van der Waals surface area contributed by atoms with Gasteiger partial charge in [0.05, 0.1) is 5.56 Å². The minimum absolute atomic E-state index is 0.0968. The maximum absolute atomic E-state index is 10.9. The molecule has 1 heterocycles. The Kier molecular flexibility index (Phi) is 3.10. The lowest BCUT2D eigenvalue weighted by Gasteiger charge is -2.05. The maximum Gasteiger partial charge on any atom is 0.400 e. The Morgan fingerprint density at radius 3 is 2.71 bits per heavy atom. The van der Waals surface area contributed by atoms with Gasteiger partial charge in [-0.25, -0.2) is 4.79 Å². The molecule has 0 aliphatic heterocycles. The molecule has 3 aromatic rings. The van der Waals surface area contributed by atoms with Crippen molar-refractivity contribution >= 4 is 17.1 Å². The smallest absolute Gasteiger partial charge is 0.400 e. The van der Waals surface area contributed by atoms with Crippen LogP contribution in [0.25, 0.3) is 11.1 Å². The summed E-state index contributed by atoms with van der Waals surface area (Å²) in [6.07, 6.45) is 0.0968. The minimum Gasteiger partial charge on any atom is -0.478 e. The molecular formula is C16H13NO4. The zero-order valence-corrected chi connectivity index (χ0v) is 11.6. The second kappa shape index (κ2) is 4.94. The summed E-state index contributed by atoms with van der Waals surface area (Å²) in [7, 11) is 0. The van der Waals surface area contributed by atoms with Gasteiger partial charge in [0.15, 0.2) is 5.58 Å². The van der Waals surface area contributed by atoms with Crippen LogP contribution in [0.4, 0.5) is 0 Å². The molecule has 0 spiro atoms. The van der Waals surface area contributed by atoms with Crippen molar-refractivity contribution < 1.29 is 19.1 Å². The van der Waals surface area contributed by atoms with Crippen LogP contribution in [0.1, 0.15) is 21.5 Å². The van der Waals surface area contributed by atoms with E-state index in [4.69, 9.17) is 14.3 Å². The number of rotatable bonds is 3. The Bertz CT molecular complexity index is 835. The number of aromatic nitrogens is 1. The number of aromatic carboxylic acids is 1. The molecule has 0 fully saturated rings. The first-order chi connectivity index (χ1) is 10.0. The number of aryl methyl sites for hydroxylation is 2. The topological polar surface area (TPSA) is 72.6 Å². The highest BCUT2D eigenvalue weighted by Crippen LogP contribution is 2.28. The van der Waals surface area contributed by atoms with Crippen molar-refractivity contribution in [3.05, 3.63) is 53.1 Å². The summed E-state index contributed by atoms with van der Waals surface area (Å²) in [6, 6.07) is 10.3. The fraction of sp³-hybridized carbons (Fsp3) is 0.125. The normalized spacial score (nSPS) is 10.8. The lowest BCUT2D eigenvalue weighted by molar-refractivity contribution is 0.0697. The number of ether oxygens (including phenoxy) is 1. The van der Waals surface area contributed by atoms with E-state index in [-0.39, 0.29) is 11.6 Å². The van der Waals surface area contributed by atoms with Crippen LogP contribution in [-0.4, -0.2) is 16.1 Å². The Hall–Kier alpha value is -2.82. The number of carboxylic acid groups (broad SMARTS) is 1. The molecule has 0 unspecified atom stereocenters. The van der Waals surface area contributed by atoms with Crippen molar-refractivity contribution in [2.24, 2.45) is 0 Å². The number of hydrogen-bond acceptors (Lipinski definition) is 4. The highest BCUT2D eigenvalue weighted by atomic mass is 16.6. The van der Waals surface area contributed by atoms with Crippen molar-refractivity contribution in [3.63, 3.8) is 0 Å². The van der Waals surface area contributed by atoms with Crippen LogP contribution in [0.5, 0.6) is 11.8 Å². The summed E-state index contributed by atoms with van der Waals surface area (Å²) >= 11 is 0. The maximum atomic E-state index is 10.9. The molecule has 0 radical (unpaired) electrons. The highest BCUT2D eigenvalue weighted by molar-refractivity contribution is 5.91. The zero-order chi connectivity index (χ0) is 15.0. The third kappa shape index (κ3) is 2.58. The van der Waals surface area contributed by atoms with Crippen molar-refractivity contribution in [2.45, 2.75) is 13.8 Å². The summed E-state index contributed by atoms with van der Waals surface area (Å²) < 4.78 is 11.1. The van der Waals surface area contributed by atoms with E-state index in [9.17, 15) is 4.79 Å². The number of nitrogens with zero attached hydrogens (tertiary/aromatic N) is 1. The Morgan fingerprint density at radius 2 is 2.00 bits per heavy atom. The lowest BCUT2D eigenvalue weighted by atomic mass is 10.1. The van der Waals surface area contributed by atoms with Gasteiger partial charge in [-0.2, -0.15) is 4.98 Å². The quantitative estimate of drug-likeness (QED) is 0.788. The number of oxazole rings is 1. The van der Waals surface area contributed by atoms with Crippen molar-refractivity contribution in [3.8, 4) is 11.8 Å². The first kappa shape index (κ1) is 13.2. The zero-order valence-electron chi connectivity index (χ0n) is 11.6. The van der Waals surface area contributed by atoms with Gasteiger partial charge in [0, 0.05) is 0 Å². The monoisotopic (exact) mass is 283 g/mol. The molecule has 5 nitrogen and oxygen atoms in total. The van der Waals surface area contributed by atoms with E-state index >= 15 is 0 Å². The molecule has 0 aliphatic carbocycles. The summed E-state index contributed by atoms with van der Waals surface area (Å²) in [5, 5.41) is 8.96. The van der Waals surface area contributed by atoms with E-state index in [1.807, 2.05) is 32.0 Å². The number of fused-ring (bicyclic) bond motifs is 1. The molecule has 1 N–H and O–H groups in total. The largest absolute Gasteiger partial charge is 0.478 e. The van der Waals surface area contributed by atoms with Crippen LogP contribution in [0, 0.1) is 13.8 Å². The van der Waals surface area contributed by atoms with Gasteiger partial charge in [0.1, 0.15) is 11.3 Å². The van der Waals surface area contributed by atoms with Gasteiger partial charge in [-0.05, 0) is 43.7 Å². The minimum atomic E-state index is -1.01. The van der Waals surface area contributed by atoms with E-state index in [0.717, 1.165) is 11.1 Å². The SMILES string of the molecule is Cc1ccc(Oc2nc3ccc(C(=O)O)cc3o2)c(C)c1. The molecule has 5 heteroatoms. The van der Waals surface area contributed by atoms with Crippen LogP contribution >= 0.6 is 0 Å². The Balaban J connectivity index is 1.95. The molecule has 0 amide bonds. The van der Waals surface area contributed by atoms with Gasteiger partial charge in [-0.1, -0.05) is 17.7 Å². The van der Waals surface area contributed by atoms with Gasteiger partial charge >= 0.3 is 12.0 Å². The van der Waals surface area contributed by atoms with Gasteiger partial charge in [0.25, 0.3) is 0 Å². The summed E-state index contributed by atoms with van der Waals surface area (Å²) in [5.74, 6) is -0.351. The van der Waals surface area contributed by atoms with Crippen LogP contribution in [0.3, 0.4) is 0 Å². The van der Waals surface area contributed by atoms with Gasteiger partial charge in [-0.15, -0.1) is 0 Å². The number of carboxylic acids is 1. The first-order valence-electron chi connectivity index (χ1n) is 6.42. The van der Waals surface area contributed by atoms with E-state index in [1.165, 1.54) is 12.1 Å². The molecule has 106 valence electrons. The second-order valence-corrected chi connectivity index (χ2v) is 4.84. The van der Waals surface area contributed by atoms with Crippen molar-refractivity contribution in [1.82, 2.24) is 4.98 Å². The molecule has 21 heavy (non-hydrogen) atoms. The predicted molar refractivity (Wildman–Crippen MR) is 77.0 cm³/mol. The molecule has 3 rings (SSSR count). The molecule has 0 bridgehead atoms. The molecule has 1 aromatic heterocycles. The van der Waals surface area contributed by atoms with Gasteiger partial charge in [0.2, 0.25) is 0 Å². The van der Waals surface area contributed by atoms with Gasteiger partial charge < -0.3 is 14.3 Å². The first-order valence-corrected chi connectivity index (χ1v) is 6.42. The number of hydrogen-bond donors (Lipinski definition) is 1. The van der Waals surface area contributed by atoms with E-state index in [1.54, 1.807) is 6.07 Å². The Morgan fingerprint density at radius 1 is 1.19 bits per heavy atom. The van der Waals surface area contributed by atoms with Crippen molar-refractivity contribution in [2.75, 3.05) is 0 Å². The predicted octanol–water partition coefficient (Wildman–Crippen LogP) is 3.94. The van der Waals surface area contributed by atoms with Crippen LogP contribution in [-0.2, 0) is 0 Å². The fourth-order valence-corrected chi connectivity index (χ4v) is 2.09. The average Bonchev–Trinajstić information content (AvgIpc) is 2.83.